The zero-order valence-corrected chi connectivity index (χ0v) is 20.8. The Morgan fingerprint density at radius 1 is 1.12 bits per heavy atom. The Balaban J connectivity index is 1.91. The van der Waals surface area contributed by atoms with Gasteiger partial charge in [0.25, 0.3) is 11.6 Å². The van der Waals surface area contributed by atoms with Gasteiger partial charge in [0.2, 0.25) is 0 Å². The Morgan fingerprint density at radius 3 is 2.38 bits per heavy atom. The molecule has 0 radical (unpaired) electrons. The average molecular weight is 503 g/mol. The molecule has 1 heterocycles. The standard InChI is InChI=1S/C23H26N4O5S2/c1-4-25(5-2)14-15-26(22(28)13-8-17-6-9-18(10-7-17)27(29)30)23-24-20-12-11-19(34(3,31)32)16-21(20)33-23/h6-13,16H,4-5,14-15H2,1-3H3/b13-8+. The molecule has 0 aliphatic heterocycles. The topological polar surface area (TPSA) is 114 Å². The Kier molecular flexibility index (Phi) is 8.13. The summed E-state index contributed by atoms with van der Waals surface area (Å²) in [5.74, 6) is -0.284. The summed E-state index contributed by atoms with van der Waals surface area (Å²) in [6.07, 6.45) is 4.17. The van der Waals surface area contributed by atoms with E-state index >= 15 is 0 Å². The van der Waals surface area contributed by atoms with Crippen LogP contribution in [0.15, 0.2) is 53.4 Å². The Labute approximate surface area is 202 Å². The van der Waals surface area contributed by atoms with E-state index in [1.165, 1.54) is 35.6 Å². The highest BCUT2D eigenvalue weighted by atomic mass is 32.2. The first-order valence-electron chi connectivity index (χ1n) is 10.7. The van der Waals surface area contributed by atoms with Crippen molar-refractivity contribution in [1.82, 2.24) is 9.88 Å². The summed E-state index contributed by atoms with van der Waals surface area (Å²) in [5.41, 5.74) is 1.25. The number of nitrogens with zero attached hydrogens (tertiary/aromatic N) is 4. The van der Waals surface area contributed by atoms with Crippen LogP contribution in [0.3, 0.4) is 0 Å². The fourth-order valence-electron chi connectivity index (χ4n) is 3.28. The molecule has 0 fully saturated rings. The Hall–Kier alpha value is -3.15. The molecular weight excluding hydrogens is 476 g/mol. The van der Waals surface area contributed by atoms with Crippen LogP contribution in [0.25, 0.3) is 16.3 Å². The molecule has 0 N–H and O–H groups in total. The van der Waals surface area contributed by atoms with Crippen LogP contribution in [0.5, 0.6) is 0 Å². The van der Waals surface area contributed by atoms with Gasteiger partial charge in [0.05, 0.1) is 20.0 Å². The van der Waals surface area contributed by atoms with Crippen molar-refractivity contribution in [3.05, 3.63) is 64.2 Å². The van der Waals surface area contributed by atoms with Gasteiger partial charge in [0.15, 0.2) is 15.0 Å². The molecule has 0 bridgehead atoms. The first kappa shape index (κ1) is 25.5. The first-order chi connectivity index (χ1) is 16.1. The number of carbonyl (C=O) groups excluding carboxylic acids is 1. The monoisotopic (exact) mass is 502 g/mol. The van der Waals surface area contributed by atoms with Crippen LogP contribution in [-0.4, -0.2) is 61.6 Å². The quantitative estimate of drug-likeness (QED) is 0.234. The third kappa shape index (κ3) is 6.25. The number of nitro groups is 1. The van der Waals surface area contributed by atoms with Gasteiger partial charge in [-0.2, -0.15) is 0 Å². The summed E-state index contributed by atoms with van der Waals surface area (Å²) >= 11 is 1.26. The largest absolute Gasteiger partial charge is 0.302 e. The molecule has 0 aliphatic rings. The maximum atomic E-state index is 13.2. The zero-order valence-electron chi connectivity index (χ0n) is 19.2. The lowest BCUT2D eigenvalue weighted by atomic mass is 10.2. The number of amides is 1. The van der Waals surface area contributed by atoms with Gasteiger partial charge in [0.1, 0.15) is 0 Å². The van der Waals surface area contributed by atoms with Crippen molar-refractivity contribution in [2.45, 2.75) is 18.7 Å². The fraction of sp³-hybridized carbons (Fsp3) is 0.304. The number of sulfone groups is 1. The van der Waals surface area contributed by atoms with E-state index in [0.717, 1.165) is 19.3 Å². The van der Waals surface area contributed by atoms with Crippen LogP contribution < -0.4 is 4.90 Å². The van der Waals surface area contributed by atoms with Crippen LogP contribution in [0.1, 0.15) is 19.4 Å². The predicted molar refractivity (Wildman–Crippen MR) is 135 cm³/mol. The third-order valence-electron chi connectivity index (χ3n) is 5.33. The summed E-state index contributed by atoms with van der Waals surface area (Å²) < 4.78 is 24.5. The van der Waals surface area contributed by atoms with Crippen molar-refractivity contribution >= 4 is 54.2 Å². The normalized spacial score (nSPS) is 12.0. The van der Waals surface area contributed by atoms with E-state index in [9.17, 15) is 23.3 Å². The van der Waals surface area contributed by atoms with E-state index < -0.39 is 14.8 Å². The molecule has 34 heavy (non-hydrogen) atoms. The lowest BCUT2D eigenvalue weighted by Gasteiger charge is -2.23. The summed E-state index contributed by atoms with van der Waals surface area (Å²) in [6, 6.07) is 10.7. The SMILES string of the molecule is CCN(CC)CCN(C(=O)/C=C/c1ccc([N+](=O)[O-])cc1)c1nc2ccc(S(C)(=O)=O)cc2s1. The molecule has 180 valence electrons. The number of hydrogen-bond donors (Lipinski definition) is 0. The molecule has 2 aromatic carbocycles. The van der Waals surface area contributed by atoms with Gasteiger partial charge < -0.3 is 4.90 Å². The van der Waals surface area contributed by atoms with Crippen molar-refractivity contribution in [3.63, 3.8) is 0 Å². The van der Waals surface area contributed by atoms with Crippen LogP contribution in [0.4, 0.5) is 10.8 Å². The summed E-state index contributed by atoms with van der Waals surface area (Å²) in [4.78, 5) is 32.1. The number of benzene rings is 2. The molecule has 1 aromatic heterocycles. The van der Waals surface area contributed by atoms with Gasteiger partial charge in [-0.25, -0.2) is 13.4 Å². The van der Waals surface area contributed by atoms with Gasteiger partial charge in [-0.1, -0.05) is 25.2 Å². The summed E-state index contributed by atoms with van der Waals surface area (Å²) in [5, 5.41) is 11.3. The number of nitro benzene ring substituents is 1. The highest BCUT2D eigenvalue weighted by molar-refractivity contribution is 7.90. The average Bonchev–Trinajstić information content (AvgIpc) is 3.23. The van der Waals surface area contributed by atoms with Crippen molar-refractivity contribution in [2.24, 2.45) is 0 Å². The van der Waals surface area contributed by atoms with E-state index in [1.807, 2.05) is 0 Å². The number of thiazole rings is 1. The maximum Gasteiger partial charge on any atom is 0.269 e. The third-order valence-corrected chi connectivity index (χ3v) is 7.48. The van der Waals surface area contributed by atoms with Crippen LogP contribution in [0.2, 0.25) is 0 Å². The van der Waals surface area contributed by atoms with Crippen molar-refractivity contribution < 1.29 is 18.1 Å². The summed E-state index contributed by atoms with van der Waals surface area (Å²) in [7, 11) is -3.36. The molecule has 9 nitrogen and oxygen atoms in total. The maximum absolute atomic E-state index is 13.2. The number of rotatable bonds is 10. The molecule has 0 aliphatic carbocycles. The van der Waals surface area contributed by atoms with Gasteiger partial charge in [-0.3, -0.25) is 19.8 Å². The minimum Gasteiger partial charge on any atom is -0.302 e. The molecule has 3 rings (SSSR count). The Morgan fingerprint density at radius 2 is 1.79 bits per heavy atom. The molecule has 11 heteroatoms. The van der Waals surface area contributed by atoms with Crippen molar-refractivity contribution in [2.75, 3.05) is 37.3 Å². The lowest BCUT2D eigenvalue weighted by molar-refractivity contribution is -0.384. The van der Waals surface area contributed by atoms with Gasteiger partial charge in [-0.05, 0) is 55.1 Å². The van der Waals surface area contributed by atoms with Crippen LogP contribution >= 0.6 is 11.3 Å². The highest BCUT2D eigenvalue weighted by Crippen LogP contribution is 2.31. The molecule has 0 saturated carbocycles. The van der Waals surface area contributed by atoms with Crippen molar-refractivity contribution in [3.8, 4) is 0 Å². The van der Waals surface area contributed by atoms with Gasteiger partial charge in [-0.15, -0.1) is 0 Å². The second-order valence-electron chi connectivity index (χ2n) is 7.60. The molecule has 0 unspecified atom stereocenters. The highest BCUT2D eigenvalue weighted by Gasteiger charge is 2.20. The van der Waals surface area contributed by atoms with E-state index in [0.29, 0.717) is 34.0 Å². The lowest BCUT2D eigenvalue weighted by Crippen LogP contribution is -2.38. The molecule has 1 amide bonds. The number of fused-ring (bicyclic) bond motifs is 1. The first-order valence-corrected chi connectivity index (χ1v) is 13.4. The summed E-state index contributed by atoms with van der Waals surface area (Å²) in [6.45, 7) is 6.84. The molecule has 0 spiro atoms. The van der Waals surface area contributed by atoms with Crippen LogP contribution in [-0.2, 0) is 14.6 Å². The smallest absolute Gasteiger partial charge is 0.269 e. The number of aromatic nitrogens is 1. The van der Waals surface area contributed by atoms with Crippen molar-refractivity contribution in [1.29, 1.82) is 0 Å². The molecule has 3 aromatic rings. The number of hydrogen-bond acceptors (Lipinski definition) is 8. The molecule has 0 atom stereocenters. The van der Waals surface area contributed by atoms with Gasteiger partial charge >= 0.3 is 0 Å². The number of non-ortho nitro benzene ring substituents is 1. The minimum absolute atomic E-state index is 0.0211. The van der Waals surface area contributed by atoms with E-state index in [1.54, 1.807) is 35.2 Å². The minimum atomic E-state index is -3.36. The molecular formula is C23H26N4O5S2. The number of likely N-dealkylation sites (N-methyl/N-ethyl adjacent to an activating group) is 1. The predicted octanol–water partition coefficient (Wildman–Crippen LogP) is 4.00. The van der Waals surface area contributed by atoms with Gasteiger partial charge in [0, 0.05) is 37.6 Å². The number of carbonyl (C=O) groups is 1. The van der Waals surface area contributed by atoms with Crippen LogP contribution in [0, 0.1) is 10.1 Å². The fourth-order valence-corrected chi connectivity index (χ4v) is 5.04. The second kappa shape index (κ2) is 10.9. The zero-order chi connectivity index (χ0) is 24.9. The number of anilines is 1. The van der Waals surface area contributed by atoms with E-state index in [2.05, 4.69) is 23.7 Å². The van der Waals surface area contributed by atoms with E-state index in [-0.39, 0.29) is 16.5 Å². The molecule has 0 saturated heterocycles. The van der Waals surface area contributed by atoms with E-state index in [4.69, 9.17) is 0 Å². The Bertz CT molecular complexity index is 1310. The second-order valence-corrected chi connectivity index (χ2v) is 10.6.